The largest absolute Gasteiger partial charge is 0.454 e. The van der Waals surface area contributed by atoms with Crippen LogP contribution in [0.25, 0.3) is 0 Å². The number of fused-ring (bicyclic) bond motifs is 1. The topological polar surface area (TPSA) is 103 Å². The zero-order chi connectivity index (χ0) is 25.8. The van der Waals surface area contributed by atoms with Crippen molar-refractivity contribution in [3.8, 4) is 11.5 Å². The number of amides is 3. The predicted molar refractivity (Wildman–Crippen MR) is 137 cm³/mol. The van der Waals surface area contributed by atoms with Crippen LogP contribution in [-0.4, -0.2) is 91.1 Å². The van der Waals surface area contributed by atoms with E-state index in [2.05, 4.69) is 20.4 Å². The Balaban J connectivity index is 1.12. The molecule has 2 aromatic rings. The second-order valence-electron chi connectivity index (χ2n) is 9.37. The quantitative estimate of drug-likeness (QED) is 0.563. The smallest absolute Gasteiger partial charge is 0.243 e. The van der Waals surface area contributed by atoms with E-state index in [1.54, 1.807) is 24.3 Å². The zero-order valence-electron chi connectivity index (χ0n) is 20.5. The monoisotopic (exact) mass is 527 g/mol. The molecular weight excluding hydrogens is 498 g/mol. The molecule has 0 aliphatic carbocycles. The average molecular weight is 528 g/mol. The van der Waals surface area contributed by atoms with Gasteiger partial charge in [0.05, 0.1) is 23.7 Å². The van der Waals surface area contributed by atoms with Crippen molar-refractivity contribution < 1.29 is 23.9 Å². The van der Waals surface area contributed by atoms with Gasteiger partial charge >= 0.3 is 0 Å². The number of carbonyl (C=O) groups excluding carboxylic acids is 3. The van der Waals surface area contributed by atoms with Crippen LogP contribution < -0.4 is 20.1 Å². The summed E-state index contributed by atoms with van der Waals surface area (Å²) >= 11 is 6.13. The molecule has 2 saturated heterocycles. The van der Waals surface area contributed by atoms with Crippen LogP contribution >= 0.6 is 11.6 Å². The van der Waals surface area contributed by atoms with Gasteiger partial charge in [-0.1, -0.05) is 29.8 Å². The molecule has 0 bridgehead atoms. The third kappa shape index (κ3) is 6.15. The summed E-state index contributed by atoms with van der Waals surface area (Å²) in [4.78, 5) is 44.4. The van der Waals surface area contributed by atoms with Gasteiger partial charge in [-0.15, -0.1) is 0 Å². The predicted octanol–water partition coefficient (Wildman–Crippen LogP) is 1.54. The lowest BCUT2D eigenvalue weighted by molar-refractivity contribution is -0.145. The van der Waals surface area contributed by atoms with Crippen molar-refractivity contribution in [3.05, 3.63) is 53.1 Å². The molecule has 2 N–H and O–H groups in total. The van der Waals surface area contributed by atoms with E-state index >= 15 is 0 Å². The van der Waals surface area contributed by atoms with Crippen LogP contribution in [-0.2, 0) is 20.9 Å². The van der Waals surface area contributed by atoms with Crippen LogP contribution in [0.4, 0.5) is 5.69 Å². The number of nitrogens with zero attached hydrogens (tertiary/aromatic N) is 3. The number of carbonyl (C=O) groups is 3. The van der Waals surface area contributed by atoms with Crippen LogP contribution in [0.15, 0.2) is 42.5 Å². The minimum absolute atomic E-state index is 0.133. The number of para-hydroxylation sites is 1. The van der Waals surface area contributed by atoms with Gasteiger partial charge in [0.15, 0.2) is 11.5 Å². The first-order chi connectivity index (χ1) is 18.0. The summed E-state index contributed by atoms with van der Waals surface area (Å²) in [6, 6.07) is 12.0. The van der Waals surface area contributed by atoms with E-state index in [1.165, 1.54) is 4.90 Å². The van der Waals surface area contributed by atoms with Gasteiger partial charge in [-0.2, -0.15) is 0 Å². The van der Waals surface area contributed by atoms with E-state index in [4.69, 9.17) is 21.1 Å². The molecule has 196 valence electrons. The number of piperazine rings is 2. The Kier molecular flexibility index (Phi) is 7.78. The van der Waals surface area contributed by atoms with Gasteiger partial charge in [0.25, 0.3) is 0 Å². The summed E-state index contributed by atoms with van der Waals surface area (Å²) in [5.74, 6) is 0.725. The van der Waals surface area contributed by atoms with Gasteiger partial charge in [-0.05, 0) is 29.8 Å². The molecule has 3 heterocycles. The lowest BCUT2D eigenvalue weighted by Crippen LogP contribution is -2.60. The molecule has 0 spiro atoms. The molecule has 1 atom stereocenters. The summed E-state index contributed by atoms with van der Waals surface area (Å²) in [6.07, 6.45) is -0.133. The van der Waals surface area contributed by atoms with Gasteiger partial charge in [0.2, 0.25) is 24.5 Å². The number of anilines is 1. The van der Waals surface area contributed by atoms with Crippen molar-refractivity contribution >= 4 is 35.0 Å². The van der Waals surface area contributed by atoms with Crippen molar-refractivity contribution in [1.29, 1.82) is 0 Å². The molecule has 0 saturated carbocycles. The fourth-order valence-corrected chi connectivity index (χ4v) is 5.02. The summed E-state index contributed by atoms with van der Waals surface area (Å²) in [5, 5.41) is 5.92. The van der Waals surface area contributed by atoms with Crippen molar-refractivity contribution in [2.75, 3.05) is 57.9 Å². The van der Waals surface area contributed by atoms with Gasteiger partial charge in [-0.3, -0.25) is 24.2 Å². The third-order valence-electron chi connectivity index (χ3n) is 6.84. The molecule has 0 unspecified atom stereocenters. The molecule has 5 rings (SSSR count). The molecule has 37 heavy (non-hydrogen) atoms. The normalized spacial score (nSPS) is 20.0. The molecule has 3 aliphatic heterocycles. The summed E-state index contributed by atoms with van der Waals surface area (Å²) in [7, 11) is 0. The van der Waals surface area contributed by atoms with Crippen LogP contribution in [0.1, 0.15) is 12.0 Å². The summed E-state index contributed by atoms with van der Waals surface area (Å²) < 4.78 is 10.9. The number of ether oxygens (including phenoxy) is 2. The minimum Gasteiger partial charge on any atom is -0.454 e. The van der Waals surface area contributed by atoms with Gasteiger partial charge < -0.3 is 25.0 Å². The first-order valence-electron chi connectivity index (χ1n) is 12.4. The zero-order valence-corrected chi connectivity index (χ0v) is 21.2. The number of hydrogen-bond acceptors (Lipinski definition) is 7. The lowest BCUT2D eigenvalue weighted by Gasteiger charge is -2.38. The van der Waals surface area contributed by atoms with E-state index in [9.17, 15) is 14.4 Å². The van der Waals surface area contributed by atoms with Crippen LogP contribution in [0.5, 0.6) is 11.5 Å². The Labute approximate surface area is 220 Å². The number of benzene rings is 2. The molecule has 3 amide bonds. The Morgan fingerprint density at radius 3 is 2.57 bits per heavy atom. The van der Waals surface area contributed by atoms with E-state index in [-0.39, 0.29) is 37.5 Å². The van der Waals surface area contributed by atoms with Crippen molar-refractivity contribution in [2.45, 2.75) is 19.0 Å². The average Bonchev–Trinajstić information content (AvgIpc) is 3.36. The number of hydrogen-bond donors (Lipinski definition) is 2. The highest BCUT2D eigenvalue weighted by atomic mass is 35.5. The van der Waals surface area contributed by atoms with E-state index in [0.717, 1.165) is 49.8 Å². The first kappa shape index (κ1) is 25.3. The maximum Gasteiger partial charge on any atom is 0.243 e. The third-order valence-corrected chi connectivity index (χ3v) is 7.17. The molecule has 11 heteroatoms. The first-order valence-corrected chi connectivity index (χ1v) is 12.8. The van der Waals surface area contributed by atoms with Gasteiger partial charge in [0, 0.05) is 45.8 Å². The summed E-state index contributed by atoms with van der Waals surface area (Å²) in [6.45, 7) is 5.16. The Hall–Kier alpha value is -3.34. The van der Waals surface area contributed by atoms with Crippen LogP contribution in [0.3, 0.4) is 0 Å². The maximum absolute atomic E-state index is 13.2. The van der Waals surface area contributed by atoms with Crippen molar-refractivity contribution in [3.63, 3.8) is 0 Å². The minimum atomic E-state index is -0.851. The van der Waals surface area contributed by atoms with Gasteiger partial charge in [0.1, 0.15) is 6.04 Å². The van der Waals surface area contributed by atoms with Gasteiger partial charge in [-0.25, -0.2) is 0 Å². The Bertz CT molecular complexity index is 1170. The second kappa shape index (κ2) is 11.4. The van der Waals surface area contributed by atoms with E-state index < -0.39 is 6.04 Å². The number of halogens is 1. The maximum atomic E-state index is 13.2. The number of rotatable bonds is 7. The van der Waals surface area contributed by atoms with Crippen LogP contribution in [0, 0.1) is 0 Å². The molecule has 2 aromatic carbocycles. The Morgan fingerprint density at radius 2 is 1.76 bits per heavy atom. The SMILES string of the molecule is O=C(C[C@H]1C(=O)NCCN1C(=O)CN1CCN(Cc2ccc3c(c2)OCO3)CC1)Nc1ccccc1Cl. The van der Waals surface area contributed by atoms with Crippen molar-refractivity contribution in [1.82, 2.24) is 20.0 Å². The molecule has 3 aliphatic rings. The highest BCUT2D eigenvalue weighted by molar-refractivity contribution is 6.33. The second-order valence-corrected chi connectivity index (χ2v) is 9.77. The van der Waals surface area contributed by atoms with Crippen LogP contribution in [0.2, 0.25) is 5.02 Å². The molecule has 0 aromatic heterocycles. The highest BCUT2D eigenvalue weighted by Crippen LogP contribution is 2.33. The van der Waals surface area contributed by atoms with E-state index in [1.807, 2.05) is 18.2 Å². The fraction of sp³-hybridized carbons (Fsp3) is 0.423. The molecular formula is C26H30ClN5O5. The lowest BCUT2D eigenvalue weighted by atomic mass is 10.1. The van der Waals surface area contributed by atoms with E-state index in [0.29, 0.717) is 23.8 Å². The van der Waals surface area contributed by atoms with Crippen molar-refractivity contribution in [2.24, 2.45) is 0 Å². The standard InChI is InChI=1S/C26H30ClN5O5/c27-19-3-1-2-4-20(19)29-24(33)14-21-26(35)28-7-8-32(21)25(34)16-31-11-9-30(10-12-31)15-18-5-6-22-23(13-18)37-17-36-22/h1-6,13,21H,7-12,14-17H2,(H,28,35)(H,29,33)/t21-/m0/s1. The molecule has 2 fully saturated rings. The molecule has 0 radical (unpaired) electrons. The summed E-state index contributed by atoms with van der Waals surface area (Å²) in [5.41, 5.74) is 1.63. The fourth-order valence-electron chi connectivity index (χ4n) is 4.84. The molecule has 10 nitrogen and oxygen atoms in total. The number of nitrogens with one attached hydrogen (secondary N) is 2. The highest BCUT2D eigenvalue weighted by Gasteiger charge is 2.35. The Morgan fingerprint density at radius 1 is 1.00 bits per heavy atom.